The third-order valence-corrected chi connectivity index (χ3v) is 3.14. The van der Waals surface area contributed by atoms with Crippen LogP contribution in [0.2, 0.25) is 0 Å². The Morgan fingerprint density at radius 3 is 2.55 bits per heavy atom. The standard InChI is InChI=1S/C16H17N3O/c17-10-11-20-12-16-18-14-8-4-5-9-15(14)19(16)13-6-2-1-3-7-13/h1-9H,10-12,17H2. The molecule has 0 amide bonds. The molecule has 3 aromatic rings. The molecule has 102 valence electrons. The van der Waals surface area contributed by atoms with E-state index >= 15 is 0 Å². The molecule has 1 aromatic heterocycles. The van der Waals surface area contributed by atoms with Gasteiger partial charge in [0, 0.05) is 12.2 Å². The van der Waals surface area contributed by atoms with Crippen LogP contribution in [0.3, 0.4) is 0 Å². The number of aromatic nitrogens is 2. The third kappa shape index (κ3) is 2.43. The molecule has 0 saturated heterocycles. The molecule has 0 spiro atoms. The molecule has 0 aliphatic rings. The lowest BCUT2D eigenvalue weighted by atomic mass is 10.3. The highest BCUT2D eigenvalue weighted by Crippen LogP contribution is 2.21. The summed E-state index contributed by atoms with van der Waals surface area (Å²) in [5.41, 5.74) is 8.62. The molecule has 20 heavy (non-hydrogen) atoms. The van der Waals surface area contributed by atoms with Crippen molar-refractivity contribution in [3.8, 4) is 5.69 Å². The lowest BCUT2D eigenvalue weighted by Crippen LogP contribution is -2.10. The van der Waals surface area contributed by atoms with E-state index in [0.29, 0.717) is 19.8 Å². The van der Waals surface area contributed by atoms with Crippen molar-refractivity contribution < 1.29 is 4.74 Å². The highest BCUT2D eigenvalue weighted by molar-refractivity contribution is 5.78. The second-order valence-corrected chi connectivity index (χ2v) is 4.53. The van der Waals surface area contributed by atoms with Crippen molar-refractivity contribution in [2.75, 3.05) is 13.2 Å². The Kier molecular flexibility index (Phi) is 3.76. The van der Waals surface area contributed by atoms with Gasteiger partial charge in [0.1, 0.15) is 12.4 Å². The molecular weight excluding hydrogens is 250 g/mol. The van der Waals surface area contributed by atoms with Gasteiger partial charge in [0.25, 0.3) is 0 Å². The topological polar surface area (TPSA) is 53.1 Å². The number of hydrogen-bond acceptors (Lipinski definition) is 3. The van der Waals surface area contributed by atoms with Crippen molar-refractivity contribution in [1.29, 1.82) is 0 Å². The summed E-state index contributed by atoms with van der Waals surface area (Å²) >= 11 is 0. The Labute approximate surface area is 117 Å². The van der Waals surface area contributed by atoms with Gasteiger partial charge in [0.2, 0.25) is 0 Å². The smallest absolute Gasteiger partial charge is 0.140 e. The zero-order valence-electron chi connectivity index (χ0n) is 11.2. The number of hydrogen-bond donors (Lipinski definition) is 1. The van der Waals surface area contributed by atoms with Crippen molar-refractivity contribution in [3.05, 3.63) is 60.4 Å². The fraction of sp³-hybridized carbons (Fsp3) is 0.188. The van der Waals surface area contributed by atoms with Gasteiger partial charge in [0.05, 0.1) is 17.6 Å². The zero-order valence-corrected chi connectivity index (χ0v) is 11.2. The molecule has 0 aliphatic carbocycles. The summed E-state index contributed by atoms with van der Waals surface area (Å²) in [6.45, 7) is 1.52. The molecule has 0 atom stereocenters. The van der Waals surface area contributed by atoms with E-state index in [4.69, 9.17) is 10.5 Å². The van der Waals surface area contributed by atoms with Crippen LogP contribution in [-0.2, 0) is 11.3 Å². The molecule has 0 bridgehead atoms. The van der Waals surface area contributed by atoms with Gasteiger partial charge in [-0.3, -0.25) is 4.57 Å². The van der Waals surface area contributed by atoms with Gasteiger partial charge in [-0.1, -0.05) is 30.3 Å². The maximum absolute atomic E-state index is 5.55. The molecule has 0 aliphatic heterocycles. The van der Waals surface area contributed by atoms with Crippen LogP contribution in [0.25, 0.3) is 16.7 Å². The van der Waals surface area contributed by atoms with E-state index in [2.05, 4.69) is 27.8 Å². The Hall–Kier alpha value is -2.17. The largest absolute Gasteiger partial charge is 0.372 e. The van der Waals surface area contributed by atoms with Crippen LogP contribution in [0, 0.1) is 0 Å². The summed E-state index contributed by atoms with van der Waals surface area (Å²) in [6.07, 6.45) is 0. The Morgan fingerprint density at radius 1 is 1.00 bits per heavy atom. The van der Waals surface area contributed by atoms with Crippen molar-refractivity contribution >= 4 is 11.0 Å². The van der Waals surface area contributed by atoms with Gasteiger partial charge in [-0.2, -0.15) is 0 Å². The SMILES string of the molecule is NCCOCc1nc2ccccc2n1-c1ccccc1. The molecule has 4 heteroatoms. The number of fused-ring (bicyclic) bond motifs is 1. The summed E-state index contributed by atoms with van der Waals surface area (Å²) in [6, 6.07) is 18.3. The van der Waals surface area contributed by atoms with Gasteiger partial charge in [-0.05, 0) is 24.3 Å². The van der Waals surface area contributed by atoms with E-state index in [1.54, 1.807) is 0 Å². The second-order valence-electron chi connectivity index (χ2n) is 4.53. The van der Waals surface area contributed by atoms with Gasteiger partial charge >= 0.3 is 0 Å². The highest BCUT2D eigenvalue weighted by atomic mass is 16.5. The Morgan fingerprint density at radius 2 is 1.75 bits per heavy atom. The summed E-state index contributed by atoms with van der Waals surface area (Å²) in [4.78, 5) is 4.66. The number of nitrogens with zero attached hydrogens (tertiary/aromatic N) is 2. The first-order chi connectivity index (χ1) is 9.90. The maximum Gasteiger partial charge on any atom is 0.140 e. The molecular formula is C16H17N3O. The molecule has 1 heterocycles. The molecule has 3 rings (SSSR count). The fourth-order valence-electron chi connectivity index (χ4n) is 2.28. The van der Waals surface area contributed by atoms with Crippen molar-refractivity contribution in [3.63, 3.8) is 0 Å². The van der Waals surface area contributed by atoms with Crippen LogP contribution < -0.4 is 5.73 Å². The van der Waals surface area contributed by atoms with Gasteiger partial charge in [-0.15, -0.1) is 0 Å². The minimum absolute atomic E-state index is 0.459. The average molecular weight is 267 g/mol. The predicted molar refractivity (Wildman–Crippen MR) is 79.8 cm³/mol. The van der Waals surface area contributed by atoms with Gasteiger partial charge in [0.15, 0.2) is 0 Å². The average Bonchev–Trinajstić information content (AvgIpc) is 2.86. The first-order valence-electron chi connectivity index (χ1n) is 6.70. The Bertz CT molecular complexity index is 691. The fourth-order valence-corrected chi connectivity index (χ4v) is 2.28. The van der Waals surface area contributed by atoms with Gasteiger partial charge in [-0.25, -0.2) is 4.98 Å². The first-order valence-corrected chi connectivity index (χ1v) is 6.70. The van der Waals surface area contributed by atoms with Crippen LogP contribution >= 0.6 is 0 Å². The van der Waals surface area contributed by atoms with Crippen molar-refractivity contribution in [2.24, 2.45) is 5.73 Å². The zero-order chi connectivity index (χ0) is 13.8. The minimum Gasteiger partial charge on any atom is -0.372 e. The molecule has 0 unspecified atom stereocenters. The predicted octanol–water partition coefficient (Wildman–Crippen LogP) is 2.50. The molecule has 2 aromatic carbocycles. The van der Waals surface area contributed by atoms with Crippen LogP contribution in [0.4, 0.5) is 0 Å². The van der Waals surface area contributed by atoms with Crippen molar-refractivity contribution in [2.45, 2.75) is 6.61 Å². The number of para-hydroxylation sites is 3. The van der Waals surface area contributed by atoms with E-state index in [0.717, 1.165) is 22.5 Å². The van der Waals surface area contributed by atoms with E-state index in [-0.39, 0.29) is 0 Å². The monoisotopic (exact) mass is 267 g/mol. The highest BCUT2D eigenvalue weighted by Gasteiger charge is 2.11. The minimum atomic E-state index is 0.459. The summed E-state index contributed by atoms with van der Waals surface area (Å²) in [5, 5.41) is 0. The number of rotatable bonds is 5. The molecule has 0 saturated carbocycles. The molecule has 0 fully saturated rings. The van der Waals surface area contributed by atoms with Crippen molar-refractivity contribution in [1.82, 2.24) is 9.55 Å². The van der Waals surface area contributed by atoms with Crippen LogP contribution in [0.1, 0.15) is 5.82 Å². The lowest BCUT2D eigenvalue weighted by Gasteiger charge is -2.09. The van der Waals surface area contributed by atoms with Crippen LogP contribution in [0.15, 0.2) is 54.6 Å². The van der Waals surface area contributed by atoms with E-state index in [9.17, 15) is 0 Å². The molecule has 2 N–H and O–H groups in total. The molecule has 0 radical (unpaired) electrons. The van der Waals surface area contributed by atoms with E-state index in [1.165, 1.54) is 0 Å². The second kappa shape index (κ2) is 5.86. The number of ether oxygens (including phenoxy) is 1. The van der Waals surface area contributed by atoms with Gasteiger partial charge < -0.3 is 10.5 Å². The number of imidazole rings is 1. The summed E-state index contributed by atoms with van der Waals surface area (Å²) < 4.78 is 7.68. The summed E-state index contributed by atoms with van der Waals surface area (Å²) in [5.74, 6) is 0.894. The van der Waals surface area contributed by atoms with E-state index < -0.39 is 0 Å². The van der Waals surface area contributed by atoms with Crippen LogP contribution in [0.5, 0.6) is 0 Å². The normalized spacial score (nSPS) is 11.1. The molecule has 4 nitrogen and oxygen atoms in total. The first kappa shape index (κ1) is 12.8. The third-order valence-electron chi connectivity index (χ3n) is 3.14. The maximum atomic E-state index is 5.55. The Balaban J connectivity index is 2.09. The van der Waals surface area contributed by atoms with E-state index in [1.807, 2.05) is 36.4 Å². The van der Waals surface area contributed by atoms with Crippen LogP contribution in [-0.4, -0.2) is 22.7 Å². The number of benzene rings is 2. The lowest BCUT2D eigenvalue weighted by molar-refractivity contribution is 0.122. The number of nitrogens with two attached hydrogens (primary N) is 1. The quantitative estimate of drug-likeness (QED) is 0.723. The summed E-state index contributed by atoms with van der Waals surface area (Å²) in [7, 11) is 0.